The van der Waals surface area contributed by atoms with Crippen LogP contribution in [0.2, 0.25) is 10.0 Å². The second-order valence-corrected chi connectivity index (χ2v) is 11.1. The molecule has 1 aliphatic heterocycles. The molecule has 0 fully saturated rings. The van der Waals surface area contributed by atoms with Crippen molar-refractivity contribution in [3.63, 3.8) is 0 Å². The summed E-state index contributed by atoms with van der Waals surface area (Å²) in [6.45, 7) is 4.04. The van der Waals surface area contributed by atoms with E-state index >= 15 is 0 Å². The predicted molar refractivity (Wildman–Crippen MR) is 161 cm³/mol. The van der Waals surface area contributed by atoms with E-state index in [1.807, 2.05) is 30.3 Å². The summed E-state index contributed by atoms with van der Waals surface area (Å²) in [6.07, 6.45) is 1.78. The van der Waals surface area contributed by atoms with Crippen LogP contribution in [-0.2, 0) is 16.1 Å². The molecule has 4 aromatic rings. The van der Waals surface area contributed by atoms with Crippen molar-refractivity contribution < 1.29 is 19.0 Å². The Balaban J connectivity index is 1.53. The second kappa shape index (κ2) is 12.3. The van der Waals surface area contributed by atoms with Gasteiger partial charge in [0, 0.05) is 10.0 Å². The number of fused-ring (bicyclic) bond motifs is 1. The minimum Gasteiger partial charge on any atom is -0.493 e. The lowest BCUT2D eigenvalue weighted by Crippen LogP contribution is -2.39. The maximum Gasteiger partial charge on any atom is 0.338 e. The highest BCUT2D eigenvalue weighted by Crippen LogP contribution is 2.32. The topological polar surface area (TPSA) is 79.1 Å². The van der Waals surface area contributed by atoms with E-state index in [-0.39, 0.29) is 12.2 Å². The molecule has 5 rings (SSSR count). The third-order valence-electron chi connectivity index (χ3n) is 6.50. The minimum atomic E-state index is -0.706. The molecule has 10 heteroatoms. The van der Waals surface area contributed by atoms with E-state index < -0.39 is 12.0 Å². The summed E-state index contributed by atoms with van der Waals surface area (Å²) in [5.74, 6) is 0.584. The fourth-order valence-electron chi connectivity index (χ4n) is 4.54. The molecule has 0 bridgehead atoms. The lowest BCUT2D eigenvalue weighted by atomic mass is 9.96. The highest BCUT2D eigenvalue weighted by Gasteiger charge is 2.33. The smallest absolute Gasteiger partial charge is 0.338 e. The largest absolute Gasteiger partial charge is 0.493 e. The normalized spacial score (nSPS) is 14.9. The molecule has 210 valence electrons. The second-order valence-electron chi connectivity index (χ2n) is 9.18. The standard InChI is InChI=1S/C31H26Cl2N2O5S/c1-4-39-30(37)27-18(2)34-31-35(28(27)21-8-12-23(33)13-9-21)29(36)26(41-31)16-20-7-14-24(25(15-20)38-3)40-17-19-5-10-22(32)11-6-19/h5-16,28H,4,17H2,1-3H3/b26-16+/t28-/m1/s1. The third-order valence-corrected chi connectivity index (χ3v) is 7.98. The van der Waals surface area contributed by atoms with Crippen LogP contribution in [0.3, 0.4) is 0 Å². The summed E-state index contributed by atoms with van der Waals surface area (Å²) in [6, 6.07) is 19.2. The van der Waals surface area contributed by atoms with Gasteiger partial charge in [0.25, 0.3) is 5.56 Å². The van der Waals surface area contributed by atoms with Gasteiger partial charge in [0.2, 0.25) is 0 Å². The lowest BCUT2D eigenvalue weighted by Gasteiger charge is -2.24. The molecule has 1 aromatic heterocycles. The van der Waals surface area contributed by atoms with Gasteiger partial charge in [-0.1, -0.05) is 64.9 Å². The van der Waals surface area contributed by atoms with Gasteiger partial charge in [-0.3, -0.25) is 9.36 Å². The molecule has 41 heavy (non-hydrogen) atoms. The summed E-state index contributed by atoms with van der Waals surface area (Å²) in [5, 5.41) is 1.21. The zero-order valence-corrected chi connectivity index (χ0v) is 24.8. The number of carbonyl (C=O) groups is 1. The van der Waals surface area contributed by atoms with Crippen LogP contribution in [0.15, 0.2) is 87.8 Å². The van der Waals surface area contributed by atoms with Crippen LogP contribution in [0.5, 0.6) is 11.5 Å². The molecule has 0 N–H and O–H groups in total. The first-order valence-electron chi connectivity index (χ1n) is 12.8. The van der Waals surface area contributed by atoms with Gasteiger partial charge in [0.15, 0.2) is 16.3 Å². The molecule has 3 aromatic carbocycles. The lowest BCUT2D eigenvalue weighted by molar-refractivity contribution is -0.139. The average Bonchev–Trinajstić information content (AvgIpc) is 3.26. The molecule has 0 amide bonds. The van der Waals surface area contributed by atoms with Gasteiger partial charge >= 0.3 is 5.97 Å². The average molecular weight is 610 g/mol. The van der Waals surface area contributed by atoms with Gasteiger partial charge in [-0.25, -0.2) is 9.79 Å². The Labute approximate surface area is 250 Å². The summed E-state index contributed by atoms with van der Waals surface area (Å²) < 4.78 is 18.9. The van der Waals surface area contributed by atoms with Gasteiger partial charge < -0.3 is 14.2 Å². The van der Waals surface area contributed by atoms with Crippen LogP contribution in [0.25, 0.3) is 6.08 Å². The van der Waals surface area contributed by atoms with E-state index in [1.54, 1.807) is 68.0 Å². The number of hydrogen-bond acceptors (Lipinski definition) is 7. The van der Waals surface area contributed by atoms with Crippen molar-refractivity contribution in [2.45, 2.75) is 26.5 Å². The number of methoxy groups -OCH3 is 1. The highest BCUT2D eigenvalue weighted by atomic mass is 35.5. The van der Waals surface area contributed by atoms with Crippen LogP contribution < -0.4 is 24.4 Å². The number of hydrogen-bond donors (Lipinski definition) is 0. The van der Waals surface area contributed by atoms with Gasteiger partial charge in [0.1, 0.15) is 6.61 Å². The Morgan fingerprint density at radius 2 is 1.71 bits per heavy atom. The molecule has 0 spiro atoms. The Hall–Kier alpha value is -3.85. The predicted octanol–water partition coefficient (Wildman–Crippen LogP) is 5.69. The molecular weight excluding hydrogens is 583 g/mol. The molecule has 0 unspecified atom stereocenters. The molecule has 7 nitrogen and oxygen atoms in total. The fourth-order valence-corrected chi connectivity index (χ4v) is 5.84. The summed E-state index contributed by atoms with van der Waals surface area (Å²) in [5.41, 5.74) is 2.98. The Morgan fingerprint density at radius 1 is 1.02 bits per heavy atom. The van der Waals surface area contributed by atoms with E-state index in [0.29, 0.717) is 48.8 Å². The summed E-state index contributed by atoms with van der Waals surface area (Å²) >= 11 is 13.3. The number of thiazole rings is 1. The number of aromatic nitrogens is 1. The van der Waals surface area contributed by atoms with Crippen molar-refractivity contribution in [1.29, 1.82) is 0 Å². The van der Waals surface area contributed by atoms with Crippen LogP contribution in [0.1, 0.15) is 36.6 Å². The van der Waals surface area contributed by atoms with Crippen molar-refractivity contribution >= 4 is 46.6 Å². The maximum absolute atomic E-state index is 13.8. The van der Waals surface area contributed by atoms with Crippen molar-refractivity contribution in [2.24, 2.45) is 4.99 Å². The molecule has 0 aliphatic carbocycles. The number of ether oxygens (including phenoxy) is 3. The van der Waals surface area contributed by atoms with Gasteiger partial charge in [-0.05, 0) is 73.0 Å². The SMILES string of the molecule is CCOC(=O)C1=C(C)N=c2s/c(=C/c3ccc(OCc4ccc(Cl)cc4)c(OC)c3)c(=O)n2[C@@H]1c1ccc(Cl)cc1. The zero-order valence-electron chi connectivity index (χ0n) is 22.5. The van der Waals surface area contributed by atoms with E-state index in [9.17, 15) is 9.59 Å². The van der Waals surface area contributed by atoms with Gasteiger partial charge in [-0.2, -0.15) is 0 Å². The molecule has 0 radical (unpaired) electrons. The van der Waals surface area contributed by atoms with Crippen molar-refractivity contribution in [3.05, 3.63) is 124 Å². The third kappa shape index (κ3) is 6.10. The highest BCUT2D eigenvalue weighted by molar-refractivity contribution is 7.07. The van der Waals surface area contributed by atoms with Gasteiger partial charge in [-0.15, -0.1) is 0 Å². The van der Waals surface area contributed by atoms with Crippen molar-refractivity contribution in [2.75, 3.05) is 13.7 Å². The van der Waals surface area contributed by atoms with Gasteiger partial charge in [0.05, 0.1) is 35.6 Å². The Morgan fingerprint density at radius 3 is 2.37 bits per heavy atom. The van der Waals surface area contributed by atoms with Crippen LogP contribution in [-0.4, -0.2) is 24.3 Å². The maximum atomic E-state index is 13.8. The first-order chi connectivity index (χ1) is 19.8. The minimum absolute atomic E-state index is 0.203. The zero-order chi connectivity index (χ0) is 29.1. The number of carbonyl (C=O) groups excluding carboxylic acids is 1. The molecule has 1 atom stereocenters. The fraction of sp³-hybridized carbons (Fsp3) is 0.194. The number of halogens is 2. The molecule has 0 saturated heterocycles. The van der Waals surface area contributed by atoms with E-state index in [0.717, 1.165) is 16.7 Å². The number of rotatable bonds is 8. The Bertz CT molecular complexity index is 1810. The summed E-state index contributed by atoms with van der Waals surface area (Å²) in [4.78, 5) is 31.9. The van der Waals surface area contributed by atoms with E-state index in [1.165, 1.54) is 11.3 Å². The quantitative estimate of drug-likeness (QED) is 0.240. The van der Waals surface area contributed by atoms with Crippen LogP contribution in [0, 0.1) is 0 Å². The number of allylic oxidation sites excluding steroid dienone is 1. The summed E-state index contributed by atoms with van der Waals surface area (Å²) in [7, 11) is 1.56. The molecule has 2 heterocycles. The number of benzene rings is 3. The number of nitrogens with zero attached hydrogens (tertiary/aromatic N) is 2. The van der Waals surface area contributed by atoms with E-state index in [2.05, 4.69) is 4.99 Å². The van der Waals surface area contributed by atoms with Crippen LogP contribution in [0.4, 0.5) is 0 Å². The number of esters is 1. The first-order valence-corrected chi connectivity index (χ1v) is 14.4. The molecular formula is C31H26Cl2N2O5S. The Kier molecular flexibility index (Phi) is 8.63. The molecule has 1 aliphatic rings. The van der Waals surface area contributed by atoms with Crippen molar-refractivity contribution in [3.8, 4) is 11.5 Å². The van der Waals surface area contributed by atoms with E-state index in [4.69, 9.17) is 37.4 Å². The van der Waals surface area contributed by atoms with Crippen molar-refractivity contribution in [1.82, 2.24) is 4.57 Å². The first kappa shape index (κ1) is 28.7. The molecule has 0 saturated carbocycles. The van der Waals surface area contributed by atoms with Crippen LogP contribution >= 0.6 is 34.5 Å². The monoisotopic (exact) mass is 608 g/mol.